The van der Waals surface area contributed by atoms with E-state index >= 15 is 0 Å². The first-order valence-electron chi connectivity index (χ1n) is 11.0. The fraction of sp³-hybridized carbons (Fsp3) is 0.333. The Hall–Kier alpha value is -2.70. The molecule has 0 saturated heterocycles. The minimum Gasteiger partial charge on any atom is -0.493 e. The zero-order chi connectivity index (χ0) is 23.4. The van der Waals surface area contributed by atoms with Gasteiger partial charge in [-0.25, -0.2) is 0 Å². The van der Waals surface area contributed by atoms with Crippen LogP contribution in [0.2, 0.25) is 0 Å². The summed E-state index contributed by atoms with van der Waals surface area (Å²) in [6.07, 6.45) is 1.76. The quantitative estimate of drug-likeness (QED) is 0.380. The van der Waals surface area contributed by atoms with Gasteiger partial charge in [-0.2, -0.15) is 0 Å². The Morgan fingerprint density at radius 1 is 0.909 bits per heavy atom. The average Bonchev–Trinajstić information content (AvgIpc) is 2.85. The second kappa shape index (κ2) is 10.5. The highest BCUT2D eigenvalue weighted by atomic mass is 79.9. The number of ether oxygens (including phenoxy) is 4. The lowest BCUT2D eigenvalue weighted by atomic mass is 9.88. The lowest BCUT2D eigenvalue weighted by Gasteiger charge is -2.36. The number of fused-ring (bicyclic) bond motifs is 1. The van der Waals surface area contributed by atoms with Crippen LogP contribution in [0.3, 0.4) is 0 Å². The molecule has 1 heterocycles. The monoisotopic (exact) mass is 511 g/mol. The first kappa shape index (κ1) is 23.5. The highest BCUT2D eigenvalue weighted by molar-refractivity contribution is 9.10. The van der Waals surface area contributed by atoms with Crippen molar-refractivity contribution in [3.63, 3.8) is 0 Å². The van der Waals surface area contributed by atoms with E-state index < -0.39 is 0 Å². The van der Waals surface area contributed by atoms with Gasteiger partial charge < -0.3 is 18.9 Å². The number of likely N-dealkylation sites (N-methyl/N-ethyl adjacent to an activating group) is 1. The second-order valence-electron chi connectivity index (χ2n) is 8.19. The van der Waals surface area contributed by atoms with Gasteiger partial charge in [0, 0.05) is 22.6 Å². The van der Waals surface area contributed by atoms with Crippen LogP contribution in [-0.2, 0) is 19.4 Å². The fourth-order valence-corrected chi connectivity index (χ4v) is 4.92. The van der Waals surface area contributed by atoms with Gasteiger partial charge >= 0.3 is 0 Å². The minimum atomic E-state index is 0.129. The summed E-state index contributed by atoms with van der Waals surface area (Å²) in [7, 11) is 7.18. The second-order valence-corrected chi connectivity index (χ2v) is 9.05. The summed E-state index contributed by atoms with van der Waals surface area (Å²) in [4.78, 5) is 2.39. The molecule has 0 N–H and O–H groups in total. The van der Waals surface area contributed by atoms with Crippen molar-refractivity contribution >= 4 is 15.9 Å². The van der Waals surface area contributed by atoms with E-state index in [9.17, 15) is 0 Å². The topological polar surface area (TPSA) is 40.2 Å². The van der Waals surface area contributed by atoms with Crippen molar-refractivity contribution in [2.75, 3.05) is 34.9 Å². The number of hydrogen-bond acceptors (Lipinski definition) is 5. The van der Waals surface area contributed by atoms with Crippen molar-refractivity contribution in [3.05, 3.63) is 81.3 Å². The molecule has 0 spiro atoms. The van der Waals surface area contributed by atoms with Crippen molar-refractivity contribution in [1.29, 1.82) is 0 Å². The normalized spacial score (nSPS) is 15.6. The van der Waals surface area contributed by atoms with Gasteiger partial charge in [-0.1, -0.05) is 52.3 Å². The maximum absolute atomic E-state index is 6.43. The maximum atomic E-state index is 6.43. The van der Waals surface area contributed by atoms with Crippen molar-refractivity contribution in [2.24, 2.45) is 0 Å². The van der Waals surface area contributed by atoms with Crippen LogP contribution < -0.4 is 18.9 Å². The third kappa shape index (κ3) is 4.97. The summed E-state index contributed by atoms with van der Waals surface area (Å²) in [5.74, 6) is 3.02. The van der Waals surface area contributed by atoms with E-state index in [1.807, 2.05) is 30.3 Å². The molecule has 0 bridgehead atoms. The molecule has 174 valence electrons. The summed E-state index contributed by atoms with van der Waals surface area (Å²) in [6.45, 7) is 1.47. The smallest absolute Gasteiger partial charge is 0.166 e. The predicted molar refractivity (Wildman–Crippen MR) is 134 cm³/mol. The highest BCUT2D eigenvalue weighted by Gasteiger charge is 2.31. The summed E-state index contributed by atoms with van der Waals surface area (Å²) in [5.41, 5.74) is 4.77. The Bertz CT molecular complexity index is 1100. The van der Waals surface area contributed by atoms with E-state index in [0.29, 0.717) is 12.4 Å². The molecule has 3 aromatic rings. The molecule has 0 aliphatic carbocycles. The minimum absolute atomic E-state index is 0.129. The molecule has 0 aromatic heterocycles. The summed E-state index contributed by atoms with van der Waals surface area (Å²) in [6, 6.07) is 18.6. The molecule has 4 rings (SSSR count). The van der Waals surface area contributed by atoms with Crippen LogP contribution in [0.1, 0.15) is 28.3 Å². The Balaban J connectivity index is 1.73. The lowest BCUT2D eigenvalue weighted by Crippen LogP contribution is -2.34. The molecule has 5 nitrogen and oxygen atoms in total. The van der Waals surface area contributed by atoms with Crippen molar-refractivity contribution in [2.45, 2.75) is 25.5 Å². The number of rotatable bonds is 8. The maximum Gasteiger partial charge on any atom is 0.166 e. The number of halogens is 1. The number of methoxy groups -OCH3 is 3. The summed E-state index contributed by atoms with van der Waals surface area (Å²) in [5, 5.41) is 0. The summed E-state index contributed by atoms with van der Waals surface area (Å²) >= 11 is 3.74. The molecule has 0 saturated carbocycles. The van der Waals surface area contributed by atoms with E-state index in [0.717, 1.165) is 52.2 Å². The van der Waals surface area contributed by atoms with Crippen molar-refractivity contribution in [3.8, 4) is 23.0 Å². The van der Waals surface area contributed by atoms with E-state index in [1.165, 1.54) is 11.1 Å². The van der Waals surface area contributed by atoms with E-state index in [1.54, 1.807) is 21.3 Å². The van der Waals surface area contributed by atoms with Crippen LogP contribution in [0.4, 0.5) is 0 Å². The van der Waals surface area contributed by atoms with Crippen molar-refractivity contribution < 1.29 is 18.9 Å². The van der Waals surface area contributed by atoms with Crippen molar-refractivity contribution in [1.82, 2.24) is 4.90 Å². The number of benzene rings is 3. The van der Waals surface area contributed by atoms with Gasteiger partial charge in [0.05, 0.1) is 21.3 Å². The standard InChI is InChI=1S/C27H30BrNO4/c1-29-13-12-19-10-11-23(30-2)27(33-17-18-8-6-5-7-9-18)26(19)22(29)14-20-15-24(31-3)25(32-4)16-21(20)28/h5-11,15-16,22H,12-14,17H2,1-4H3. The van der Waals surface area contributed by atoms with Crippen LogP contribution in [0.15, 0.2) is 59.1 Å². The molecule has 1 unspecified atom stereocenters. The van der Waals surface area contributed by atoms with Gasteiger partial charge in [-0.15, -0.1) is 0 Å². The Labute approximate surface area is 204 Å². The van der Waals surface area contributed by atoms with Crippen LogP contribution in [0.5, 0.6) is 23.0 Å². The Morgan fingerprint density at radius 2 is 1.61 bits per heavy atom. The summed E-state index contributed by atoms with van der Waals surface area (Å²) < 4.78 is 24.2. The zero-order valence-electron chi connectivity index (χ0n) is 19.6. The third-order valence-corrected chi connectivity index (χ3v) is 7.00. The molecule has 1 aliphatic heterocycles. The zero-order valence-corrected chi connectivity index (χ0v) is 21.1. The van der Waals surface area contributed by atoms with Gasteiger partial charge in [-0.05, 0) is 54.8 Å². The highest BCUT2D eigenvalue weighted by Crippen LogP contribution is 2.45. The first-order valence-corrected chi connectivity index (χ1v) is 11.8. The Kier molecular flexibility index (Phi) is 7.46. The number of nitrogens with zero attached hydrogens (tertiary/aromatic N) is 1. The molecule has 3 aromatic carbocycles. The van der Waals surface area contributed by atoms with E-state index in [4.69, 9.17) is 18.9 Å². The molecular weight excluding hydrogens is 482 g/mol. The molecule has 0 fully saturated rings. The molecule has 1 aliphatic rings. The lowest BCUT2D eigenvalue weighted by molar-refractivity contribution is 0.212. The van der Waals surface area contributed by atoms with Gasteiger partial charge in [0.1, 0.15) is 6.61 Å². The molecule has 0 radical (unpaired) electrons. The van der Waals surface area contributed by atoms with E-state index in [-0.39, 0.29) is 6.04 Å². The third-order valence-electron chi connectivity index (χ3n) is 6.26. The number of hydrogen-bond donors (Lipinski definition) is 0. The SMILES string of the molecule is COc1cc(Br)c(CC2c3c(ccc(OC)c3OCc3ccccc3)CCN2C)cc1OC. The van der Waals surface area contributed by atoms with Crippen LogP contribution in [-0.4, -0.2) is 39.8 Å². The molecular formula is C27H30BrNO4. The predicted octanol–water partition coefficient (Wildman–Crippen LogP) is 5.83. The van der Waals surface area contributed by atoms with Crippen LogP contribution >= 0.6 is 15.9 Å². The Morgan fingerprint density at radius 3 is 2.30 bits per heavy atom. The average molecular weight is 512 g/mol. The van der Waals surface area contributed by atoms with Gasteiger partial charge in [0.25, 0.3) is 0 Å². The fourth-order valence-electron chi connectivity index (χ4n) is 4.43. The molecule has 6 heteroatoms. The van der Waals surface area contributed by atoms with Gasteiger partial charge in [-0.3, -0.25) is 4.90 Å². The van der Waals surface area contributed by atoms with Gasteiger partial charge in [0.2, 0.25) is 0 Å². The van der Waals surface area contributed by atoms with Gasteiger partial charge in [0.15, 0.2) is 23.0 Å². The largest absolute Gasteiger partial charge is 0.493 e. The van der Waals surface area contributed by atoms with Crippen LogP contribution in [0, 0.1) is 0 Å². The first-order chi connectivity index (χ1) is 16.0. The molecule has 33 heavy (non-hydrogen) atoms. The van der Waals surface area contributed by atoms with Crippen LogP contribution in [0.25, 0.3) is 0 Å². The molecule has 0 amide bonds. The molecule has 1 atom stereocenters. The van der Waals surface area contributed by atoms with E-state index in [2.05, 4.69) is 52.1 Å².